The van der Waals surface area contributed by atoms with Gasteiger partial charge in [-0.2, -0.15) is 0 Å². The number of carbonyl (C=O) groups is 1. The number of carbonyl (C=O) groups excluding carboxylic acids is 1. The molecule has 1 atom stereocenters. The molecule has 5 nitrogen and oxygen atoms in total. The highest BCUT2D eigenvalue weighted by atomic mass is 35.5. The van der Waals surface area contributed by atoms with Gasteiger partial charge >= 0.3 is 0 Å². The summed E-state index contributed by atoms with van der Waals surface area (Å²) in [5.74, 6) is -0.294. The lowest BCUT2D eigenvalue weighted by Crippen LogP contribution is -2.34. The summed E-state index contributed by atoms with van der Waals surface area (Å²) in [6.45, 7) is 1.73. The smallest absolute Gasteiger partial charge is 0.263 e. The first kappa shape index (κ1) is 17.5. The Bertz CT molecular complexity index is 984. The Balaban J connectivity index is 1.78. The average Bonchev–Trinajstić information content (AvgIpc) is 2.58. The maximum absolute atomic E-state index is 12.5. The molecule has 0 unspecified atom stereocenters. The summed E-state index contributed by atoms with van der Waals surface area (Å²) < 4.78 is 1.25. The normalized spacial score (nSPS) is 12.1. The van der Waals surface area contributed by atoms with E-state index in [1.165, 1.54) is 10.9 Å². The fourth-order valence-electron chi connectivity index (χ4n) is 2.55. The van der Waals surface area contributed by atoms with Crippen LogP contribution in [0.4, 0.5) is 0 Å². The van der Waals surface area contributed by atoms with Gasteiger partial charge < -0.3 is 5.32 Å². The lowest BCUT2D eigenvalue weighted by atomic mass is 10.1. The Morgan fingerprint density at radius 1 is 1.20 bits per heavy atom. The molecule has 0 radical (unpaired) electrons. The maximum Gasteiger partial charge on any atom is 0.263 e. The molecule has 3 aromatic rings. The molecule has 0 fully saturated rings. The maximum atomic E-state index is 12.5. The molecular formula is C18H15Cl2N3O2. The molecule has 0 bridgehead atoms. The van der Waals surface area contributed by atoms with E-state index in [1.807, 2.05) is 19.1 Å². The molecule has 25 heavy (non-hydrogen) atoms. The molecule has 0 aliphatic carbocycles. The van der Waals surface area contributed by atoms with Crippen molar-refractivity contribution in [2.75, 3.05) is 0 Å². The molecular weight excluding hydrogens is 361 g/mol. The lowest BCUT2D eigenvalue weighted by molar-refractivity contribution is -0.122. The predicted octanol–water partition coefficient (Wildman–Crippen LogP) is 3.58. The van der Waals surface area contributed by atoms with Crippen molar-refractivity contribution >= 4 is 40.0 Å². The van der Waals surface area contributed by atoms with Crippen LogP contribution in [0, 0.1) is 0 Å². The molecule has 7 heteroatoms. The third-order valence-corrected chi connectivity index (χ3v) is 4.43. The number of amides is 1. The van der Waals surface area contributed by atoms with Crippen molar-refractivity contribution in [2.45, 2.75) is 19.5 Å². The number of halogens is 2. The first-order valence-corrected chi connectivity index (χ1v) is 8.40. The Morgan fingerprint density at radius 2 is 1.92 bits per heavy atom. The second kappa shape index (κ2) is 7.25. The molecule has 0 aliphatic heterocycles. The zero-order chi connectivity index (χ0) is 18.0. The van der Waals surface area contributed by atoms with Crippen molar-refractivity contribution in [3.05, 3.63) is 74.8 Å². The van der Waals surface area contributed by atoms with Crippen LogP contribution in [0.1, 0.15) is 18.5 Å². The van der Waals surface area contributed by atoms with Crippen molar-refractivity contribution in [2.24, 2.45) is 0 Å². The molecule has 1 aromatic heterocycles. The minimum atomic E-state index is -0.343. The number of aromatic nitrogens is 2. The summed E-state index contributed by atoms with van der Waals surface area (Å²) in [5, 5.41) is 4.11. The fraction of sp³-hybridized carbons (Fsp3) is 0.167. The number of hydrogen-bond donors (Lipinski definition) is 1. The van der Waals surface area contributed by atoms with Gasteiger partial charge in [0.2, 0.25) is 5.91 Å². The highest BCUT2D eigenvalue weighted by Gasteiger charge is 2.13. The Hall–Kier alpha value is -2.37. The summed E-state index contributed by atoms with van der Waals surface area (Å²) >= 11 is 11.9. The first-order valence-electron chi connectivity index (χ1n) is 7.64. The molecule has 128 valence electrons. The van der Waals surface area contributed by atoms with Crippen LogP contribution < -0.4 is 10.9 Å². The van der Waals surface area contributed by atoms with E-state index in [4.69, 9.17) is 23.2 Å². The van der Waals surface area contributed by atoms with Gasteiger partial charge in [-0.15, -0.1) is 0 Å². The number of hydrogen-bond acceptors (Lipinski definition) is 3. The van der Waals surface area contributed by atoms with Gasteiger partial charge in [0.1, 0.15) is 6.54 Å². The topological polar surface area (TPSA) is 64.0 Å². The minimum Gasteiger partial charge on any atom is -0.348 e. The van der Waals surface area contributed by atoms with Gasteiger partial charge in [-0.05, 0) is 36.8 Å². The van der Waals surface area contributed by atoms with E-state index in [-0.39, 0.29) is 24.1 Å². The molecule has 1 N–H and O–H groups in total. The van der Waals surface area contributed by atoms with Crippen molar-refractivity contribution < 1.29 is 4.79 Å². The van der Waals surface area contributed by atoms with Crippen LogP contribution in [0.2, 0.25) is 10.0 Å². The average molecular weight is 376 g/mol. The highest BCUT2D eigenvalue weighted by Crippen LogP contribution is 2.18. The van der Waals surface area contributed by atoms with E-state index in [0.717, 1.165) is 5.56 Å². The van der Waals surface area contributed by atoms with Crippen molar-refractivity contribution in [1.29, 1.82) is 0 Å². The molecule has 0 spiro atoms. The first-order chi connectivity index (χ1) is 12.0. The Labute approximate surface area is 154 Å². The van der Waals surface area contributed by atoms with Gasteiger partial charge in [-0.3, -0.25) is 14.2 Å². The fourth-order valence-corrected chi connectivity index (χ4v) is 2.93. The number of rotatable bonds is 4. The lowest BCUT2D eigenvalue weighted by Gasteiger charge is -2.15. The number of benzene rings is 2. The van der Waals surface area contributed by atoms with Crippen LogP contribution in [0.15, 0.2) is 53.6 Å². The predicted molar refractivity (Wildman–Crippen MR) is 99.0 cm³/mol. The number of nitrogens with one attached hydrogen (secondary N) is 1. The highest BCUT2D eigenvalue weighted by molar-refractivity contribution is 6.35. The van der Waals surface area contributed by atoms with Crippen molar-refractivity contribution in [3.8, 4) is 0 Å². The number of fused-ring (bicyclic) bond motifs is 1. The van der Waals surface area contributed by atoms with Crippen LogP contribution in [0.25, 0.3) is 10.9 Å². The van der Waals surface area contributed by atoms with Gasteiger partial charge in [0.25, 0.3) is 5.56 Å². The Kier molecular flexibility index (Phi) is 5.06. The monoisotopic (exact) mass is 375 g/mol. The van der Waals surface area contributed by atoms with Gasteiger partial charge in [0.15, 0.2) is 0 Å². The summed E-state index contributed by atoms with van der Waals surface area (Å²) in [6.07, 6.45) is 1.35. The van der Waals surface area contributed by atoms with E-state index in [9.17, 15) is 9.59 Å². The quantitative estimate of drug-likeness (QED) is 0.757. The van der Waals surface area contributed by atoms with Crippen LogP contribution in [0.5, 0.6) is 0 Å². The standard InChI is InChI=1S/C18H15Cl2N3O2/c1-11(12-5-7-13(19)8-6-12)22-16(24)9-23-10-21-15-4-2-3-14(20)17(15)18(23)25/h2-8,10-11H,9H2,1H3,(H,22,24)/t11-/m0/s1. The minimum absolute atomic E-state index is 0.134. The summed E-state index contributed by atoms with van der Waals surface area (Å²) in [7, 11) is 0. The summed E-state index contributed by atoms with van der Waals surface area (Å²) in [4.78, 5) is 29.0. The summed E-state index contributed by atoms with van der Waals surface area (Å²) in [5.41, 5.74) is 1.08. The molecule has 2 aromatic carbocycles. The molecule has 0 saturated carbocycles. The second-order valence-corrected chi connectivity index (χ2v) is 6.50. The van der Waals surface area contributed by atoms with Crippen molar-refractivity contribution in [3.63, 3.8) is 0 Å². The SMILES string of the molecule is C[C@H](NC(=O)Cn1cnc2cccc(Cl)c2c1=O)c1ccc(Cl)cc1. The van der Waals surface area contributed by atoms with Gasteiger partial charge in [-0.25, -0.2) is 4.98 Å². The molecule has 0 saturated heterocycles. The molecule has 0 aliphatic rings. The van der Waals surface area contributed by atoms with Crippen LogP contribution in [-0.2, 0) is 11.3 Å². The Morgan fingerprint density at radius 3 is 2.64 bits per heavy atom. The zero-order valence-electron chi connectivity index (χ0n) is 13.4. The third-order valence-electron chi connectivity index (χ3n) is 3.86. The van der Waals surface area contributed by atoms with Crippen molar-refractivity contribution in [1.82, 2.24) is 14.9 Å². The number of nitrogens with zero attached hydrogens (tertiary/aromatic N) is 2. The van der Waals surface area contributed by atoms with Crippen LogP contribution in [0.3, 0.4) is 0 Å². The van der Waals surface area contributed by atoms with Crippen LogP contribution in [-0.4, -0.2) is 15.5 Å². The van der Waals surface area contributed by atoms with E-state index in [2.05, 4.69) is 10.3 Å². The zero-order valence-corrected chi connectivity index (χ0v) is 14.9. The van der Waals surface area contributed by atoms with Gasteiger partial charge in [-0.1, -0.05) is 41.4 Å². The van der Waals surface area contributed by atoms with E-state index >= 15 is 0 Å². The third kappa shape index (κ3) is 3.83. The largest absolute Gasteiger partial charge is 0.348 e. The summed E-state index contributed by atoms with van der Waals surface area (Å²) in [6, 6.07) is 12.1. The van der Waals surface area contributed by atoms with E-state index in [1.54, 1.807) is 30.3 Å². The molecule has 1 heterocycles. The molecule has 3 rings (SSSR count). The van der Waals surface area contributed by atoms with E-state index in [0.29, 0.717) is 20.9 Å². The van der Waals surface area contributed by atoms with Gasteiger partial charge in [0.05, 0.1) is 28.3 Å². The second-order valence-electron chi connectivity index (χ2n) is 5.65. The molecule has 1 amide bonds. The van der Waals surface area contributed by atoms with Gasteiger partial charge in [0, 0.05) is 5.02 Å². The van der Waals surface area contributed by atoms with E-state index < -0.39 is 0 Å². The van der Waals surface area contributed by atoms with Crippen LogP contribution >= 0.6 is 23.2 Å².